The van der Waals surface area contributed by atoms with Gasteiger partial charge in [-0.2, -0.15) is 0 Å². The Bertz CT molecular complexity index is 1060. The van der Waals surface area contributed by atoms with Crippen LogP contribution in [0.25, 0.3) is 0 Å². The molecule has 1 atom stereocenters. The molecule has 182 valence electrons. The van der Waals surface area contributed by atoms with Crippen LogP contribution >= 0.6 is 0 Å². The van der Waals surface area contributed by atoms with Gasteiger partial charge in [-0.25, -0.2) is 4.79 Å². The summed E-state index contributed by atoms with van der Waals surface area (Å²) in [5.74, 6) is 0.298. The molecule has 1 fully saturated rings. The molecule has 0 aromatic heterocycles. The van der Waals surface area contributed by atoms with E-state index in [2.05, 4.69) is 5.32 Å². The zero-order chi connectivity index (χ0) is 24.3. The molecule has 2 aromatic rings. The van der Waals surface area contributed by atoms with Crippen molar-refractivity contribution in [3.63, 3.8) is 0 Å². The number of anilines is 1. The van der Waals surface area contributed by atoms with E-state index in [1.54, 1.807) is 25.3 Å². The summed E-state index contributed by atoms with van der Waals surface area (Å²) in [5.41, 5.74) is 0.712. The highest BCUT2D eigenvalue weighted by atomic mass is 16.5. The van der Waals surface area contributed by atoms with Gasteiger partial charge in [-0.3, -0.25) is 4.79 Å². The predicted molar refractivity (Wildman–Crippen MR) is 131 cm³/mol. The fourth-order valence-corrected chi connectivity index (χ4v) is 5.60. The Kier molecular flexibility index (Phi) is 6.99. The van der Waals surface area contributed by atoms with Gasteiger partial charge in [0.2, 0.25) is 0 Å². The molecule has 6 nitrogen and oxygen atoms in total. The van der Waals surface area contributed by atoms with E-state index in [9.17, 15) is 14.7 Å². The Morgan fingerprint density at radius 2 is 1.88 bits per heavy atom. The minimum absolute atomic E-state index is 0.199. The number of carbonyl (C=O) groups is 2. The molecule has 2 aliphatic rings. The highest BCUT2D eigenvalue weighted by molar-refractivity contribution is 5.99. The highest BCUT2D eigenvalue weighted by Crippen LogP contribution is 2.42. The van der Waals surface area contributed by atoms with Crippen molar-refractivity contribution < 1.29 is 24.2 Å². The zero-order valence-electron chi connectivity index (χ0n) is 20.4. The summed E-state index contributed by atoms with van der Waals surface area (Å²) in [4.78, 5) is 25.4. The number of nitrogens with one attached hydrogen (secondary N) is 1. The van der Waals surface area contributed by atoms with Gasteiger partial charge in [-0.05, 0) is 54.0 Å². The minimum Gasteiger partial charge on any atom is -0.496 e. The normalized spacial score (nSPS) is 18.1. The van der Waals surface area contributed by atoms with Crippen LogP contribution in [0.2, 0.25) is 0 Å². The molecule has 0 bridgehead atoms. The van der Waals surface area contributed by atoms with Gasteiger partial charge in [0.05, 0.1) is 12.7 Å². The number of hydrogen-bond acceptors (Lipinski definition) is 5. The number of carbonyl (C=O) groups excluding carboxylic acids is 2. The van der Waals surface area contributed by atoms with Gasteiger partial charge < -0.3 is 19.9 Å². The number of aliphatic hydroxyl groups is 1. The summed E-state index contributed by atoms with van der Waals surface area (Å²) in [6.45, 7) is 4.29. The van der Waals surface area contributed by atoms with Gasteiger partial charge in [-0.15, -0.1) is 0 Å². The van der Waals surface area contributed by atoms with Gasteiger partial charge in [0.1, 0.15) is 18.0 Å². The molecule has 1 amide bonds. The van der Waals surface area contributed by atoms with Crippen molar-refractivity contribution in [2.45, 2.75) is 76.4 Å². The third kappa shape index (κ3) is 5.12. The Hall–Kier alpha value is -2.86. The molecule has 2 aromatic carbocycles. The van der Waals surface area contributed by atoms with Gasteiger partial charge >= 0.3 is 5.97 Å². The number of hydrogen-bond donors (Lipinski definition) is 2. The molecular formula is C28H35NO5. The van der Waals surface area contributed by atoms with Crippen molar-refractivity contribution in [2.24, 2.45) is 5.92 Å². The summed E-state index contributed by atoms with van der Waals surface area (Å²) in [6, 6.07) is 12.9. The number of para-hydroxylation sites is 1. The fourth-order valence-electron chi connectivity index (χ4n) is 5.60. The summed E-state index contributed by atoms with van der Waals surface area (Å²) in [5, 5.41) is 14.9. The van der Waals surface area contributed by atoms with Crippen LogP contribution in [0.15, 0.2) is 42.5 Å². The lowest BCUT2D eigenvalue weighted by atomic mass is 9.70. The molecule has 34 heavy (non-hydrogen) atoms. The summed E-state index contributed by atoms with van der Waals surface area (Å²) >= 11 is 0. The van der Waals surface area contributed by atoms with Crippen molar-refractivity contribution in [2.75, 3.05) is 12.4 Å². The molecule has 1 aliphatic heterocycles. The number of fused-ring (bicyclic) bond motifs is 1. The van der Waals surface area contributed by atoms with Crippen molar-refractivity contribution in [3.8, 4) is 5.75 Å². The number of esters is 1. The van der Waals surface area contributed by atoms with Crippen LogP contribution in [0, 0.1) is 5.92 Å². The maximum Gasteiger partial charge on any atom is 0.338 e. The first-order chi connectivity index (χ1) is 16.2. The number of amides is 1. The standard InChI is InChI=1S/C28H35NO5/c1-27(2,23-11-7-8-12-24(23)33-3)18-28(32,16-19-9-5-4-6-10-19)26(31)29-21-13-14-22-20(15-21)17-34-25(22)30/h7-8,11-15,19,32H,4-6,9-10,16-18H2,1-3H3,(H,29,31). The van der Waals surface area contributed by atoms with E-state index >= 15 is 0 Å². The Morgan fingerprint density at radius 1 is 1.15 bits per heavy atom. The summed E-state index contributed by atoms with van der Waals surface area (Å²) in [7, 11) is 1.64. The Morgan fingerprint density at radius 3 is 2.62 bits per heavy atom. The molecule has 2 N–H and O–H groups in total. The van der Waals surface area contributed by atoms with E-state index in [0.717, 1.165) is 42.6 Å². The smallest absolute Gasteiger partial charge is 0.338 e. The predicted octanol–water partition coefficient (Wildman–Crippen LogP) is 5.37. The van der Waals surface area contributed by atoms with Crippen LogP contribution < -0.4 is 10.1 Å². The van der Waals surface area contributed by atoms with Gasteiger partial charge in [0.15, 0.2) is 0 Å². The van der Waals surface area contributed by atoms with E-state index in [1.807, 2.05) is 38.1 Å². The first-order valence-corrected chi connectivity index (χ1v) is 12.2. The molecule has 0 radical (unpaired) electrons. The van der Waals surface area contributed by atoms with E-state index < -0.39 is 16.9 Å². The Balaban J connectivity index is 1.61. The van der Waals surface area contributed by atoms with Gasteiger partial charge in [-0.1, -0.05) is 64.2 Å². The maximum atomic E-state index is 13.6. The van der Waals surface area contributed by atoms with Crippen LogP contribution in [-0.4, -0.2) is 29.7 Å². The van der Waals surface area contributed by atoms with E-state index in [4.69, 9.17) is 9.47 Å². The zero-order valence-corrected chi connectivity index (χ0v) is 20.4. The first-order valence-electron chi connectivity index (χ1n) is 12.2. The largest absolute Gasteiger partial charge is 0.496 e. The summed E-state index contributed by atoms with van der Waals surface area (Å²) in [6.07, 6.45) is 6.23. The molecule has 1 heterocycles. The van der Waals surface area contributed by atoms with Crippen LogP contribution in [0.4, 0.5) is 5.69 Å². The molecule has 0 spiro atoms. The average Bonchev–Trinajstić information content (AvgIpc) is 3.19. The lowest BCUT2D eigenvalue weighted by molar-refractivity contribution is -0.138. The number of methoxy groups -OCH3 is 1. The average molecular weight is 466 g/mol. The Labute approximate surface area is 201 Å². The third-order valence-electron chi connectivity index (χ3n) is 7.29. The number of rotatable bonds is 8. The van der Waals surface area contributed by atoms with Crippen molar-refractivity contribution >= 4 is 17.6 Å². The minimum atomic E-state index is -1.56. The SMILES string of the molecule is COc1ccccc1C(C)(C)CC(O)(CC1CCCCC1)C(=O)Nc1ccc2c(c1)COC2=O. The first kappa shape index (κ1) is 24.3. The van der Waals surface area contributed by atoms with E-state index in [1.165, 1.54) is 6.42 Å². The van der Waals surface area contributed by atoms with Gasteiger partial charge in [0.25, 0.3) is 5.91 Å². The molecule has 6 heteroatoms. The quantitative estimate of drug-likeness (QED) is 0.512. The second-order valence-corrected chi connectivity index (χ2v) is 10.4. The molecule has 4 rings (SSSR count). The van der Waals surface area contributed by atoms with Crippen molar-refractivity contribution in [3.05, 3.63) is 59.2 Å². The second kappa shape index (κ2) is 9.79. The topological polar surface area (TPSA) is 84.9 Å². The monoisotopic (exact) mass is 465 g/mol. The van der Waals surface area contributed by atoms with Gasteiger partial charge in [0, 0.05) is 11.3 Å². The molecule has 1 unspecified atom stereocenters. The second-order valence-electron chi connectivity index (χ2n) is 10.4. The molecular weight excluding hydrogens is 430 g/mol. The highest BCUT2D eigenvalue weighted by Gasteiger charge is 2.44. The van der Waals surface area contributed by atoms with E-state index in [0.29, 0.717) is 23.6 Å². The van der Waals surface area contributed by atoms with Crippen LogP contribution in [0.5, 0.6) is 5.75 Å². The number of ether oxygens (including phenoxy) is 2. The maximum absolute atomic E-state index is 13.6. The lowest BCUT2D eigenvalue weighted by Gasteiger charge is -2.39. The number of cyclic esters (lactones) is 1. The van der Waals surface area contributed by atoms with Crippen LogP contribution in [0.3, 0.4) is 0 Å². The molecule has 1 aliphatic carbocycles. The van der Waals surface area contributed by atoms with Crippen molar-refractivity contribution in [1.29, 1.82) is 0 Å². The molecule has 1 saturated carbocycles. The number of benzene rings is 2. The summed E-state index contributed by atoms with van der Waals surface area (Å²) < 4.78 is 10.7. The lowest BCUT2D eigenvalue weighted by Crippen LogP contribution is -2.48. The van der Waals surface area contributed by atoms with Crippen LogP contribution in [-0.2, 0) is 21.6 Å². The van der Waals surface area contributed by atoms with E-state index in [-0.39, 0.29) is 19.0 Å². The third-order valence-corrected chi connectivity index (χ3v) is 7.29. The van der Waals surface area contributed by atoms with Crippen LogP contribution in [0.1, 0.15) is 80.3 Å². The molecule has 0 saturated heterocycles. The van der Waals surface area contributed by atoms with Crippen molar-refractivity contribution in [1.82, 2.24) is 0 Å². The fraction of sp³-hybridized carbons (Fsp3) is 0.500.